The number of rotatable bonds is 2. The summed E-state index contributed by atoms with van der Waals surface area (Å²) in [6.45, 7) is 5.62. The lowest BCUT2D eigenvalue weighted by atomic mass is 10.4. The predicted molar refractivity (Wildman–Crippen MR) is 41.2 cm³/mol. The largest absolute Gasteiger partial charge is 0.287 e. The first-order chi connectivity index (χ1) is 4.59. The Morgan fingerprint density at radius 2 is 2.00 bits per heavy atom. The molecule has 0 saturated carbocycles. The van der Waals surface area contributed by atoms with Crippen molar-refractivity contribution in [2.45, 2.75) is 26.8 Å². The van der Waals surface area contributed by atoms with Gasteiger partial charge >= 0.3 is 0 Å². The quantitative estimate of drug-likeness (QED) is 0.271. The SMILES string of the molecule is C/N=N\N(C(C)=N)C(C)C. The van der Waals surface area contributed by atoms with Gasteiger partial charge in [-0.2, -0.15) is 5.11 Å². The fraction of sp³-hybridized carbons (Fsp3) is 0.833. The van der Waals surface area contributed by atoms with E-state index in [1.807, 2.05) is 13.8 Å². The number of nitrogens with one attached hydrogen (secondary N) is 1. The van der Waals surface area contributed by atoms with Crippen molar-refractivity contribution in [1.29, 1.82) is 5.41 Å². The van der Waals surface area contributed by atoms with Crippen LogP contribution in [0.5, 0.6) is 0 Å². The second kappa shape index (κ2) is 3.98. The monoisotopic (exact) mass is 142 g/mol. The van der Waals surface area contributed by atoms with Crippen molar-refractivity contribution in [2.24, 2.45) is 10.3 Å². The first-order valence-corrected chi connectivity index (χ1v) is 3.23. The van der Waals surface area contributed by atoms with E-state index < -0.39 is 0 Å². The van der Waals surface area contributed by atoms with Crippen LogP contribution < -0.4 is 0 Å². The number of amidine groups is 1. The smallest absolute Gasteiger partial charge is 0.116 e. The molecule has 58 valence electrons. The van der Waals surface area contributed by atoms with Crippen LogP contribution >= 0.6 is 0 Å². The molecule has 0 aromatic carbocycles. The Kier molecular flexibility index (Phi) is 3.61. The molecule has 0 bridgehead atoms. The lowest BCUT2D eigenvalue weighted by molar-refractivity contribution is 0.340. The van der Waals surface area contributed by atoms with E-state index in [4.69, 9.17) is 5.41 Å². The van der Waals surface area contributed by atoms with Crippen LogP contribution in [0.4, 0.5) is 0 Å². The molecule has 0 heterocycles. The van der Waals surface area contributed by atoms with Crippen LogP contribution in [-0.2, 0) is 0 Å². The zero-order chi connectivity index (χ0) is 8.15. The Labute approximate surface area is 61.4 Å². The summed E-state index contributed by atoms with van der Waals surface area (Å²) in [5.41, 5.74) is 0. The van der Waals surface area contributed by atoms with Crippen molar-refractivity contribution in [3.05, 3.63) is 0 Å². The van der Waals surface area contributed by atoms with Gasteiger partial charge in [-0.25, -0.2) is 5.01 Å². The molecule has 10 heavy (non-hydrogen) atoms. The van der Waals surface area contributed by atoms with Gasteiger partial charge in [0.2, 0.25) is 0 Å². The summed E-state index contributed by atoms with van der Waals surface area (Å²) in [5, 5.41) is 16.2. The maximum atomic E-state index is 7.26. The number of hydrogen-bond donors (Lipinski definition) is 1. The van der Waals surface area contributed by atoms with Gasteiger partial charge in [0.25, 0.3) is 0 Å². The minimum atomic E-state index is 0.209. The summed E-state index contributed by atoms with van der Waals surface area (Å²) >= 11 is 0. The predicted octanol–water partition coefficient (Wildman–Crippen LogP) is 1.69. The third-order valence-corrected chi connectivity index (χ3v) is 1.02. The van der Waals surface area contributed by atoms with Crippen molar-refractivity contribution in [2.75, 3.05) is 7.05 Å². The molecule has 0 atom stereocenters. The summed E-state index contributed by atoms with van der Waals surface area (Å²) in [5.74, 6) is 0.417. The fourth-order valence-electron chi connectivity index (χ4n) is 0.654. The third kappa shape index (κ3) is 2.57. The van der Waals surface area contributed by atoms with Gasteiger partial charge in [0.05, 0.1) is 7.05 Å². The third-order valence-electron chi connectivity index (χ3n) is 1.02. The molecule has 1 N–H and O–H groups in total. The zero-order valence-corrected chi connectivity index (χ0v) is 6.92. The molecule has 0 amide bonds. The average Bonchev–Trinajstić information content (AvgIpc) is 1.81. The van der Waals surface area contributed by atoms with Crippen molar-refractivity contribution < 1.29 is 0 Å². The molecule has 0 aromatic rings. The minimum Gasteiger partial charge on any atom is -0.287 e. The Morgan fingerprint density at radius 3 is 2.10 bits per heavy atom. The molecule has 0 radical (unpaired) electrons. The van der Waals surface area contributed by atoms with Crippen LogP contribution in [0.15, 0.2) is 10.3 Å². The maximum Gasteiger partial charge on any atom is 0.116 e. The zero-order valence-electron chi connectivity index (χ0n) is 6.92. The second-order valence-corrected chi connectivity index (χ2v) is 2.31. The average molecular weight is 142 g/mol. The molecule has 0 unspecified atom stereocenters. The van der Waals surface area contributed by atoms with E-state index in [0.29, 0.717) is 5.84 Å². The summed E-state index contributed by atoms with van der Waals surface area (Å²) in [7, 11) is 1.60. The normalized spacial score (nSPS) is 10.9. The molecule has 0 aliphatic rings. The first-order valence-electron chi connectivity index (χ1n) is 3.23. The maximum absolute atomic E-state index is 7.26. The first kappa shape index (κ1) is 9.07. The summed E-state index contributed by atoms with van der Waals surface area (Å²) in [4.78, 5) is 0. The fourth-order valence-corrected chi connectivity index (χ4v) is 0.654. The van der Waals surface area contributed by atoms with Crippen molar-refractivity contribution in [1.82, 2.24) is 5.01 Å². The van der Waals surface area contributed by atoms with E-state index in [1.54, 1.807) is 19.0 Å². The van der Waals surface area contributed by atoms with Gasteiger partial charge < -0.3 is 0 Å². The topological polar surface area (TPSA) is 51.8 Å². The number of hydrogen-bond acceptors (Lipinski definition) is 3. The van der Waals surface area contributed by atoms with Gasteiger partial charge in [-0.15, -0.1) is 0 Å². The highest BCUT2D eigenvalue weighted by Gasteiger charge is 2.06. The van der Waals surface area contributed by atoms with Gasteiger partial charge in [0.1, 0.15) is 5.84 Å². The number of nitrogens with zero attached hydrogens (tertiary/aromatic N) is 3. The highest BCUT2D eigenvalue weighted by molar-refractivity contribution is 5.76. The van der Waals surface area contributed by atoms with E-state index >= 15 is 0 Å². The Balaban J connectivity index is 4.12. The molecule has 4 nitrogen and oxygen atoms in total. The summed E-state index contributed by atoms with van der Waals surface area (Å²) < 4.78 is 0. The molecule has 0 spiro atoms. The highest BCUT2D eigenvalue weighted by atomic mass is 15.6. The van der Waals surface area contributed by atoms with Crippen molar-refractivity contribution >= 4 is 5.84 Å². The Morgan fingerprint density at radius 1 is 1.50 bits per heavy atom. The Bertz CT molecular complexity index is 139. The molecule has 0 fully saturated rings. The minimum absolute atomic E-state index is 0.209. The Hall–Kier alpha value is -0.930. The molecule has 0 saturated heterocycles. The summed E-state index contributed by atoms with van der Waals surface area (Å²) in [6, 6.07) is 0.209. The van der Waals surface area contributed by atoms with E-state index in [2.05, 4.69) is 10.3 Å². The standard InChI is InChI=1S/C6H14N4/c1-5(2)10(6(3)7)9-8-4/h5,7H,1-4H3/b7-6?,9-8-. The van der Waals surface area contributed by atoms with E-state index in [0.717, 1.165) is 0 Å². The molecule has 0 aliphatic carbocycles. The highest BCUT2D eigenvalue weighted by Crippen LogP contribution is 1.99. The van der Waals surface area contributed by atoms with Gasteiger partial charge in [-0.3, -0.25) is 5.41 Å². The van der Waals surface area contributed by atoms with Crippen LogP contribution in [0.2, 0.25) is 0 Å². The second-order valence-electron chi connectivity index (χ2n) is 2.31. The molecule has 0 rings (SSSR count). The molecule has 0 aromatic heterocycles. The molecule has 0 aliphatic heterocycles. The van der Waals surface area contributed by atoms with Crippen LogP contribution in [0.1, 0.15) is 20.8 Å². The van der Waals surface area contributed by atoms with Crippen LogP contribution in [0.3, 0.4) is 0 Å². The molecular formula is C6H14N4. The molecule has 4 heteroatoms. The summed E-state index contributed by atoms with van der Waals surface area (Å²) in [6.07, 6.45) is 0. The van der Waals surface area contributed by atoms with E-state index in [1.165, 1.54) is 0 Å². The van der Waals surface area contributed by atoms with Crippen LogP contribution in [0.25, 0.3) is 0 Å². The van der Waals surface area contributed by atoms with E-state index in [-0.39, 0.29) is 6.04 Å². The lowest BCUT2D eigenvalue weighted by Gasteiger charge is -2.19. The van der Waals surface area contributed by atoms with Crippen molar-refractivity contribution in [3.8, 4) is 0 Å². The molecular weight excluding hydrogens is 128 g/mol. The van der Waals surface area contributed by atoms with Crippen LogP contribution in [-0.4, -0.2) is 23.9 Å². The van der Waals surface area contributed by atoms with Gasteiger partial charge in [0, 0.05) is 6.04 Å². The van der Waals surface area contributed by atoms with Gasteiger partial charge in [-0.05, 0) is 20.8 Å². The van der Waals surface area contributed by atoms with Gasteiger partial charge in [0.15, 0.2) is 0 Å². The van der Waals surface area contributed by atoms with Gasteiger partial charge in [-0.1, -0.05) is 5.22 Å². The lowest BCUT2D eigenvalue weighted by Crippen LogP contribution is -2.28. The van der Waals surface area contributed by atoms with Crippen LogP contribution in [0, 0.1) is 5.41 Å². The van der Waals surface area contributed by atoms with Crippen molar-refractivity contribution in [3.63, 3.8) is 0 Å². The van der Waals surface area contributed by atoms with E-state index in [9.17, 15) is 0 Å².